The van der Waals surface area contributed by atoms with E-state index in [4.69, 9.17) is 51.8 Å². The zero-order chi connectivity index (χ0) is 19.1. The lowest BCUT2D eigenvalue weighted by molar-refractivity contribution is 0.304. The molecule has 0 amide bonds. The smallest absolute Gasteiger partial charge is 0.186 e. The molecular formula is C17H15BrCl3N3OS. The standard InChI is InChI=1S/C17H15BrCl3N3OS/c1-2-22-17(26)24-23-8-10-5-13(18)16(15(21)6-10)25-9-11-3-4-12(19)7-14(11)20/h3-8H,2,9H2,1H3,(H2,22,24,26). The van der Waals surface area contributed by atoms with Gasteiger partial charge in [0.25, 0.3) is 0 Å². The Morgan fingerprint density at radius 2 is 2.00 bits per heavy atom. The third kappa shape index (κ3) is 6.28. The highest BCUT2D eigenvalue weighted by atomic mass is 79.9. The number of nitrogens with one attached hydrogen (secondary N) is 2. The maximum atomic E-state index is 6.33. The molecule has 0 bridgehead atoms. The zero-order valence-corrected chi connectivity index (χ0v) is 18.3. The first-order valence-electron chi connectivity index (χ1n) is 7.53. The van der Waals surface area contributed by atoms with Gasteiger partial charge in [-0.2, -0.15) is 5.10 Å². The second-order valence-electron chi connectivity index (χ2n) is 5.07. The number of benzene rings is 2. The van der Waals surface area contributed by atoms with Crippen LogP contribution < -0.4 is 15.5 Å². The molecule has 2 rings (SSSR count). The average molecular weight is 496 g/mol. The number of nitrogens with zero attached hydrogens (tertiary/aromatic N) is 1. The van der Waals surface area contributed by atoms with Crippen molar-refractivity contribution in [3.63, 3.8) is 0 Å². The van der Waals surface area contributed by atoms with Crippen LogP contribution in [-0.2, 0) is 6.61 Å². The normalized spacial score (nSPS) is 10.8. The number of thiocarbonyl (C=S) groups is 1. The Bertz CT molecular complexity index is 810. The predicted octanol–water partition coefficient (Wildman–Crippen LogP) is 5.81. The highest BCUT2D eigenvalue weighted by Gasteiger charge is 2.10. The van der Waals surface area contributed by atoms with Crippen molar-refractivity contribution in [3.8, 4) is 5.75 Å². The van der Waals surface area contributed by atoms with Crippen LogP contribution in [-0.4, -0.2) is 17.9 Å². The van der Waals surface area contributed by atoms with Crippen molar-refractivity contribution >= 4 is 74.3 Å². The van der Waals surface area contributed by atoms with E-state index in [1.165, 1.54) is 0 Å². The maximum absolute atomic E-state index is 6.33. The van der Waals surface area contributed by atoms with Crippen LogP contribution in [0.25, 0.3) is 0 Å². The van der Waals surface area contributed by atoms with E-state index in [-0.39, 0.29) is 6.61 Å². The van der Waals surface area contributed by atoms with E-state index in [0.29, 0.717) is 30.4 Å². The molecule has 4 nitrogen and oxygen atoms in total. The molecule has 0 aliphatic rings. The third-order valence-corrected chi connectivity index (χ3v) is 4.82. The Morgan fingerprint density at radius 1 is 1.23 bits per heavy atom. The van der Waals surface area contributed by atoms with Crippen LogP contribution in [0.3, 0.4) is 0 Å². The first kappa shape index (κ1) is 21.3. The summed E-state index contributed by atoms with van der Waals surface area (Å²) in [5, 5.41) is 9.00. The lowest BCUT2D eigenvalue weighted by Gasteiger charge is -2.12. The summed E-state index contributed by atoms with van der Waals surface area (Å²) in [5.41, 5.74) is 4.31. The van der Waals surface area contributed by atoms with Gasteiger partial charge in [0.2, 0.25) is 0 Å². The summed E-state index contributed by atoms with van der Waals surface area (Å²) in [6.45, 7) is 2.94. The summed E-state index contributed by atoms with van der Waals surface area (Å²) in [6.07, 6.45) is 1.61. The van der Waals surface area contributed by atoms with Crippen molar-refractivity contribution in [2.45, 2.75) is 13.5 Å². The number of rotatable bonds is 6. The fourth-order valence-electron chi connectivity index (χ4n) is 1.95. The molecule has 26 heavy (non-hydrogen) atoms. The molecule has 0 fully saturated rings. The van der Waals surface area contributed by atoms with Crippen molar-refractivity contribution in [3.05, 3.63) is 61.0 Å². The monoisotopic (exact) mass is 493 g/mol. The number of halogens is 4. The van der Waals surface area contributed by atoms with Crippen LogP contribution in [0.4, 0.5) is 0 Å². The summed E-state index contributed by atoms with van der Waals surface area (Å²) in [7, 11) is 0. The van der Waals surface area contributed by atoms with Crippen LogP contribution in [0, 0.1) is 0 Å². The summed E-state index contributed by atoms with van der Waals surface area (Å²) < 4.78 is 6.51. The van der Waals surface area contributed by atoms with E-state index in [9.17, 15) is 0 Å². The Labute approximate surface area is 181 Å². The van der Waals surface area contributed by atoms with Crippen molar-refractivity contribution in [2.75, 3.05) is 6.54 Å². The Morgan fingerprint density at radius 3 is 2.65 bits per heavy atom. The molecule has 0 spiro atoms. The Balaban J connectivity index is 2.06. The van der Waals surface area contributed by atoms with Crippen molar-refractivity contribution < 1.29 is 4.74 Å². The van der Waals surface area contributed by atoms with Gasteiger partial charge < -0.3 is 10.1 Å². The number of ether oxygens (including phenoxy) is 1. The Hall–Kier alpha value is -1.05. The highest BCUT2D eigenvalue weighted by molar-refractivity contribution is 9.10. The van der Waals surface area contributed by atoms with E-state index in [2.05, 4.69) is 31.8 Å². The number of hydrogen-bond donors (Lipinski definition) is 2. The van der Waals surface area contributed by atoms with Crippen LogP contribution >= 0.6 is 63.0 Å². The molecule has 0 unspecified atom stereocenters. The largest absolute Gasteiger partial charge is 0.486 e. The van der Waals surface area contributed by atoms with Crippen molar-refractivity contribution in [2.24, 2.45) is 5.10 Å². The van der Waals surface area contributed by atoms with Crippen LogP contribution in [0.2, 0.25) is 15.1 Å². The molecule has 0 saturated carbocycles. The Kier molecular flexibility index (Phi) is 8.44. The summed E-state index contributed by atoms with van der Waals surface area (Å²) in [4.78, 5) is 0. The zero-order valence-electron chi connectivity index (χ0n) is 13.7. The fourth-order valence-corrected chi connectivity index (χ4v) is 3.60. The van der Waals surface area contributed by atoms with E-state index >= 15 is 0 Å². The SMILES string of the molecule is CCNC(=S)NN=Cc1cc(Cl)c(OCc2ccc(Cl)cc2Cl)c(Br)c1. The first-order chi connectivity index (χ1) is 12.4. The molecule has 9 heteroatoms. The molecule has 2 aromatic carbocycles. The van der Waals surface area contributed by atoms with Gasteiger partial charge in [-0.25, -0.2) is 0 Å². The van der Waals surface area contributed by atoms with Gasteiger partial charge in [-0.05, 0) is 64.9 Å². The molecule has 0 aliphatic carbocycles. The van der Waals surface area contributed by atoms with E-state index in [0.717, 1.165) is 17.7 Å². The molecule has 0 atom stereocenters. The molecule has 0 aromatic heterocycles. The summed E-state index contributed by atoms with van der Waals surface area (Å²) >= 11 is 26.9. The second kappa shape index (κ2) is 10.3. The second-order valence-corrected chi connectivity index (χ2v) is 7.58. The minimum Gasteiger partial charge on any atom is -0.486 e. The number of hydrogen-bond acceptors (Lipinski definition) is 3. The van der Waals surface area contributed by atoms with Crippen LogP contribution in [0.5, 0.6) is 5.75 Å². The molecule has 138 valence electrons. The lowest BCUT2D eigenvalue weighted by Crippen LogP contribution is -2.31. The molecule has 0 heterocycles. The maximum Gasteiger partial charge on any atom is 0.186 e. The summed E-state index contributed by atoms with van der Waals surface area (Å²) in [5.74, 6) is 0.519. The van der Waals surface area contributed by atoms with Gasteiger partial charge in [-0.1, -0.05) is 40.9 Å². The van der Waals surface area contributed by atoms with E-state index < -0.39 is 0 Å². The van der Waals surface area contributed by atoms with Crippen molar-refractivity contribution in [1.82, 2.24) is 10.7 Å². The van der Waals surface area contributed by atoms with Crippen LogP contribution in [0.1, 0.15) is 18.1 Å². The third-order valence-electron chi connectivity index (χ3n) is 3.12. The molecule has 0 aliphatic heterocycles. The van der Waals surface area contributed by atoms with Gasteiger partial charge in [0.15, 0.2) is 10.9 Å². The topological polar surface area (TPSA) is 45.7 Å². The molecule has 0 saturated heterocycles. The van der Waals surface area contributed by atoms with Gasteiger partial charge in [0.1, 0.15) is 6.61 Å². The quantitative estimate of drug-likeness (QED) is 0.302. The predicted molar refractivity (Wildman–Crippen MR) is 117 cm³/mol. The van der Waals surface area contributed by atoms with Crippen molar-refractivity contribution in [1.29, 1.82) is 0 Å². The molecule has 2 aromatic rings. The minimum absolute atomic E-state index is 0.264. The van der Waals surface area contributed by atoms with Gasteiger partial charge in [0.05, 0.1) is 15.7 Å². The fraction of sp³-hybridized carbons (Fsp3) is 0.176. The van der Waals surface area contributed by atoms with E-state index in [1.807, 2.05) is 19.1 Å². The molecule has 0 radical (unpaired) electrons. The first-order valence-corrected chi connectivity index (χ1v) is 9.87. The molecular weight excluding hydrogens is 481 g/mol. The lowest BCUT2D eigenvalue weighted by atomic mass is 10.2. The summed E-state index contributed by atoms with van der Waals surface area (Å²) in [6, 6.07) is 8.82. The van der Waals surface area contributed by atoms with Crippen LogP contribution in [0.15, 0.2) is 39.9 Å². The average Bonchev–Trinajstić information content (AvgIpc) is 2.56. The van der Waals surface area contributed by atoms with Gasteiger partial charge in [-0.15, -0.1) is 0 Å². The van der Waals surface area contributed by atoms with E-state index in [1.54, 1.807) is 24.4 Å². The highest BCUT2D eigenvalue weighted by Crippen LogP contribution is 2.35. The van der Waals surface area contributed by atoms with Gasteiger partial charge >= 0.3 is 0 Å². The van der Waals surface area contributed by atoms with Gasteiger partial charge in [0, 0.05) is 22.2 Å². The van der Waals surface area contributed by atoms with Gasteiger partial charge in [-0.3, -0.25) is 5.43 Å². The minimum atomic E-state index is 0.264. The number of hydrazone groups is 1. The molecule has 2 N–H and O–H groups in total.